The lowest BCUT2D eigenvalue weighted by Gasteiger charge is -2.11. The first-order valence-electron chi connectivity index (χ1n) is 5.17. The molecule has 0 radical (unpaired) electrons. The first-order valence-corrected chi connectivity index (χ1v) is 6.82. The second-order valence-corrected chi connectivity index (χ2v) is 5.94. The maximum absolute atomic E-state index is 11.9. The quantitative estimate of drug-likeness (QED) is 0.816. The third kappa shape index (κ3) is 6.23. The molecular formula is C9H14F3N3S2. The molecule has 1 aromatic rings. The van der Waals surface area contributed by atoms with Crippen LogP contribution in [0.5, 0.6) is 0 Å². The molecule has 8 heteroatoms. The molecule has 0 aliphatic heterocycles. The van der Waals surface area contributed by atoms with Crippen molar-refractivity contribution in [1.29, 1.82) is 0 Å². The normalized spacial score (nSPS) is 13.9. The molecule has 0 aliphatic rings. The van der Waals surface area contributed by atoms with Crippen LogP contribution in [-0.2, 0) is 6.42 Å². The Balaban J connectivity index is 2.27. The number of nitrogens with one attached hydrogen (secondary N) is 1. The van der Waals surface area contributed by atoms with E-state index >= 15 is 0 Å². The van der Waals surface area contributed by atoms with Crippen LogP contribution >= 0.6 is 23.3 Å². The predicted octanol–water partition coefficient (Wildman–Crippen LogP) is 2.73. The minimum atomic E-state index is -4.15. The fraction of sp³-hybridized carbons (Fsp3) is 0.778. The summed E-state index contributed by atoms with van der Waals surface area (Å²) in [6.45, 7) is 3.17. The number of aryl methyl sites for hydroxylation is 1. The molecule has 1 N–H and O–H groups in total. The summed E-state index contributed by atoms with van der Waals surface area (Å²) in [6.07, 6.45) is -3.37. The highest BCUT2D eigenvalue weighted by Gasteiger charge is 2.26. The van der Waals surface area contributed by atoms with Gasteiger partial charge in [0, 0.05) is 18.2 Å². The number of thioether (sulfide) groups is 1. The molecule has 0 spiro atoms. The van der Waals surface area contributed by atoms with E-state index in [0.717, 1.165) is 16.6 Å². The van der Waals surface area contributed by atoms with Gasteiger partial charge in [-0.05, 0) is 11.5 Å². The van der Waals surface area contributed by atoms with Gasteiger partial charge in [0.25, 0.3) is 0 Å². The average molecular weight is 285 g/mol. The van der Waals surface area contributed by atoms with Crippen LogP contribution in [0.2, 0.25) is 0 Å². The number of alkyl halides is 3. The van der Waals surface area contributed by atoms with Gasteiger partial charge in [0.15, 0.2) is 4.34 Å². The summed E-state index contributed by atoms with van der Waals surface area (Å²) in [5, 5.41) is 2.41. The Bertz CT molecular complexity index is 340. The molecule has 3 nitrogen and oxygen atoms in total. The zero-order valence-electron chi connectivity index (χ0n) is 9.54. The van der Waals surface area contributed by atoms with Crippen LogP contribution in [0.3, 0.4) is 0 Å². The van der Waals surface area contributed by atoms with E-state index < -0.39 is 12.7 Å². The number of hydrogen-bond acceptors (Lipinski definition) is 5. The third-order valence-corrected chi connectivity index (χ3v) is 3.75. The Morgan fingerprint density at radius 2 is 2.18 bits per heavy atom. The summed E-state index contributed by atoms with van der Waals surface area (Å²) < 4.78 is 40.6. The molecular weight excluding hydrogens is 271 g/mol. The summed E-state index contributed by atoms with van der Waals surface area (Å²) in [5.74, 6) is 0.785. The lowest BCUT2D eigenvalue weighted by atomic mass is 10.4. The highest BCUT2D eigenvalue weighted by Crippen LogP contribution is 2.24. The highest BCUT2D eigenvalue weighted by atomic mass is 32.2. The smallest absolute Gasteiger partial charge is 0.308 e. The van der Waals surface area contributed by atoms with Gasteiger partial charge in [-0.15, -0.1) is 0 Å². The van der Waals surface area contributed by atoms with Crippen LogP contribution in [0.1, 0.15) is 19.7 Å². The Morgan fingerprint density at radius 1 is 1.47 bits per heavy atom. The van der Waals surface area contributed by atoms with Crippen molar-refractivity contribution in [1.82, 2.24) is 14.7 Å². The van der Waals surface area contributed by atoms with E-state index in [1.54, 1.807) is 0 Å². The van der Waals surface area contributed by atoms with Crippen LogP contribution in [0, 0.1) is 0 Å². The summed E-state index contributed by atoms with van der Waals surface area (Å²) in [6, 6.07) is 0. The van der Waals surface area contributed by atoms with Crippen LogP contribution in [0.15, 0.2) is 4.34 Å². The molecule has 1 rings (SSSR count). The van der Waals surface area contributed by atoms with Crippen molar-refractivity contribution in [3.63, 3.8) is 0 Å². The lowest BCUT2D eigenvalue weighted by molar-refractivity contribution is -0.124. The Kier molecular flexibility index (Phi) is 5.68. The van der Waals surface area contributed by atoms with Crippen LogP contribution in [0.25, 0.3) is 0 Å². The molecule has 1 aromatic heterocycles. The standard InChI is InChI=1S/C9H14F3N3S2/c1-3-7-14-8(17-15-7)16-6(2)4-13-5-9(10,11)12/h6,13H,3-5H2,1-2H3. The third-order valence-electron chi connectivity index (χ3n) is 1.82. The molecule has 17 heavy (non-hydrogen) atoms. The van der Waals surface area contributed by atoms with Crippen molar-refractivity contribution in [2.24, 2.45) is 0 Å². The summed E-state index contributed by atoms with van der Waals surface area (Å²) in [5.41, 5.74) is 0. The summed E-state index contributed by atoms with van der Waals surface area (Å²) in [4.78, 5) is 4.25. The van der Waals surface area contributed by atoms with Gasteiger partial charge in [0.2, 0.25) is 0 Å². The Labute approximate surface area is 106 Å². The van der Waals surface area contributed by atoms with Crippen molar-refractivity contribution >= 4 is 23.3 Å². The van der Waals surface area contributed by atoms with E-state index in [1.807, 2.05) is 13.8 Å². The number of aromatic nitrogens is 2. The molecule has 0 saturated carbocycles. The van der Waals surface area contributed by atoms with Gasteiger partial charge in [0.05, 0.1) is 6.54 Å². The zero-order chi connectivity index (χ0) is 12.9. The van der Waals surface area contributed by atoms with Crippen LogP contribution in [-0.4, -0.2) is 33.9 Å². The van der Waals surface area contributed by atoms with Crippen LogP contribution in [0.4, 0.5) is 13.2 Å². The molecule has 1 atom stereocenters. The maximum atomic E-state index is 11.9. The monoisotopic (exact) mass is 285 g/mol. The van der Waals surface area contributed by atoms with Gasteiger partial charge < -0.3 is 5.32 Å². The van der Waals surface area contributed by atoms with E-state index in [1.165, 1.54) is 23.3 Å². The number of hydrogen-bond donors (Lipinski definition) is 1. The maximum Gasteiger partial charge on any atom is 0.401 e. The SMILES string of the molecule is CCc1nsc(SC(C)CNCC(F)(F)F)n1. The first kappa shape index (κ1) is 14.7. The molecule has 0 aliphatic carbocycles. The van der Waals surface area contributed by atoms with Crippen molar-refractivity contribution in [2.45, 2.75) is 36.0 Å². The lowest BCUT2D eigenvalue weighted by Crippen LogP contribution is -2.32. The Hall–Kier alpha value is -0.340. The van der Waals surface area contributed by atoms with E-state index in [2.05, 4.69) is 14.7 Å². The van der Waals surface area contributed by atoms with E-state index in [-0.39, 0.29) is 5.25 Å². The number of halogens is 3. The largest absolute Gasteiger partial charge is 0.401 e. The minimum Gasteiger partial charge on any atom is -0.308 e. The van der Waals surface area contributed by atoms with Crippen molar-refractivity contribution < 1.29 is 13.2 Å². The van der Waals surface area contributed by atoms with Gasteiger partial charge >= 0.3 is 6.18 Å². The second kappa shape index (κ2) is 6.55. The minimum absolute atomic E-state index is 0.0370. The molecule has 0 amide bonds. The van der Waals surface area contributed by atoms with Gasteiger partial charge in [-0.25, -0.2) is 4.98 Å². The van der Waals surface area contributed by atoms with Gasteiger partial charge in [-0.2, -0.15) is 17.5 Å². The predicted molar refractivity (Wildman–Crippen MR) is 63.5 cm³/mol. The van der Waals surface area contributed by atoms with Gasteiger partial charge in [-0.1, -0.05) is 25.6 Å². The summed E-state index contributed by atoms with van der Waals surface area (Å²) in [7, 11) is 0. The Morgan fingerprint density at radius 3 is 2.71 bits per heavy atom. The fourth-order valence-corrected chi connectivity index (χ4v) is 3.04. The van der Waals surface area contributed by atoms with Gasteiger partial charge in [-0.3, -0.25) is 0 Å². The summed E-state index contributed by atoms with van der Waals surface area (Å²) >= 11 is 2.74. The molecule has 0 bridgehead atoms. The van der Waals surface area contributed by atoms with E-state index in [9.17, 15) is 13.2 Å². The molecule has 1 heterocycles. The topological polar surface area (TPSA) is 37.8 Å². The van der Waals surface area contributed by atoms with Crippen molar-refractivity contribution in [3.05, 3.63) is 5.82 Å². The van der Waals surface area contributed by atoms with Crippen LogP contribution < -0.4 is 5.32 Å². The second-order valence-electron chi connectivity index (χ2n) is 3.50. The molecule has 1 unspecified atom stereocenters. The molecule has 98 valence electrons. The number of rotatable bonds is 6. The number of nitrogens with zero attached hydrogens (tertiary/aromatic N) is 2. The zero-order valence-corrected chi connectivity index (χ0v) is 11.2. The molecule has 0 aromatic carbocycles. The first-order chi connectivity index (χ1) is 7.90. The molecule has 0 fully saturated rings. The van der Waals surface area contributed by atoms with E-state index in [4.69, 9.17) is 0 Å². The van der Waals surface area contributed by atoms with Crippen molar-refractivity contribution in [3.8, 4) is 0 Å². The average Bonchev–Trinajstić information content (AvgIpc) is 2.63. The van der Waals surface area contributed by atoms with E-state index in [0.29, 0.717) is 6.54 Å². The fourth-order valence-electron chi connectivity index (χ4n) is 1.06. The van der Waals surface area contributed by atoms with Crippen molar-refractivity contribution in [2.75, 3.05) is 13.1 Å². The molecule has 0 saturated heterocycles. The highest BCUT2D eigenvalue weighted by molar-refractivity contribution is 8.01. The van der Waals surface area contributed by atoms with Gasteiger partial charge in [0.1, 0.15) is 5.82 Å².